The molecule has 0 bridgehead atoms. The van der Waals surface area contributed by atoms with Crippen molar-refractivity contribution in [3.05, 3.63) is 37.4 Å². The van der Waals surface area contributed by atoms with Crippen LogP contribution in [0.3, 0.4) is 0 Å². The summed E-state index contributed by atoms with van der Waals surface area (Å²) in [6.07, 6.45) is 2.01. The van der Waals surface area contributed by atoms with Crippen molar-refractivity contribution in [1.29, 1.82) is 0 Å². The Balaban J connectivity index is 1.99. The van der Waals surface area contributed by atoms with Gasteiger partial charge in [0, 0.05) is 28.4 Å². The fourth-order valence-electron chi connectivity index (χ4n) is 1.92. The summed E-state index contributed by atoms with van der Waals surface area (Å²) in [6, 6.07) is 4.53. The molecule has 0 radical (unpaired) electrons. The van der Waals surface area contributed by atoms with Crippen LogP contribution in [0.25, 0.3) is 0 Å². The molecule has 2 aromatic heterocycles. The van der Waals surface area contributed by atoms with Gasteiger partial charge in [-0.3, -0.25) is 0 Å². The van der Waals surface area contributed by atoms with Crippen molar-refractivity contribution in [2.45, 2.75) is 32.7 Å². The number of thiazole rings is 1. The first-order valence-electron chi connectivity index (χ1n) is 6.06. The molecule has 0 fully saturated rings. The van der Waals surface area contributed by atoms with Crippen molar-refractivity contribution in [2.24, 2.45) is 0 Å². The summed E-state index contributed by atoms with van der Waals surface area (Å²) in [7, 11) is 0. The lowest BCUT2D eigenvalue weighted by molar-refractivity contribution is 0.523. The van der Waals surface area contributed by atoms with E-state index in [0.717, 1.165) is 29.4 Å². The van der Waals surface area contributed by atoms with Crippen LogP contribution in [0.5, 0.6) is 0 Å². The lowest BCUT2D eigenvalue weighted by Gasteiger charge is -2.15. The van der Waals surface area contributed by atoms with Gasteiger partial charge in [-0.25, -0.2) is 4.98 Å². The summed E-state index contributed by atoms with van der Waals surface area (Å²) in [4.78, 5) is 5.87. The van der Waals surface area contributed by atoms with E-state index in [1.54, 1.807) is 22.7 Å². The molecule has 0 aliphatic rings. The smallest absolute Gasteiger partial charge is 0.0943 e. The van der Waals surface area contributed by atoms with E-state index >= 15 is 0 Å². The van der Waals surface area contributed by atoms with Gasteiger partial charge in [-0.2, -0.15) is 0 Å². The van der Waals surface area contributed by atoms with E-state index in [0.29, 0.717) is 6.04 Å². The number of likely N-dealkylation sites (N-methyl/N-ethyl adjacent to an activating group) is 1. The summed E-state index contributed by atoms with van der Waals surface area (Å²) in [5.41, 5.74) is 1.12. The first-order chi connectivity index (χ1) is 8.67. The maximum Gasteiger partial charge on any atom is 0.0943 e. The molecule has 0 aromatic carbocycles. The molecular weight excluding hydrogens is 284 g/mol. The lowest BCUT2D eigenvalue weighted by atomic mass is 10.1. The largest absolute Gasteiger partial charge is 0.313 e. The number of nitrogens with one attached hydrogen (secondary N) is 1. The van der Waals surface area contributed by atoms with Crippen LogP contribution in [-0.2, 0) is 12.8 Å². The van der Waals surface area contributed by atoms with Gasteiger partial charge in [-0.15, -0.1) is 22.7 Å². The molecule has 0 saturated heterocycles. The number of halogens is 1. The summed E-state index contributed by atoms with van der Waals surface area (Å²) in [5.74, 6) is 0. The Labute approximate surface area is 121 Å². The molecule has 0 aliphatic carbocycles. The predicted molar refractivity (Wildman–Crippen MR) is 81.1 cm³/mol. The molecule has 0 aliphatic heterocycles. The Morgan fingerprint density at radius 1 is 1.39 bits per heavy atom. The Bertz CT molecular complexity index is 450. The Hall–Kier alpha value is -0.420. The summed E-state index contributed by atoms with van der Waals surface area (Å²) in [5, 5.41) is 6.85. The number of aryl methyl sites for hydroxylation is 1. The minimum Gasteiger partial charge on any atom is -0.313 e. The normalized spacial score (nSPS) is 12.8. The number of rotatable bonds is 6. The number of hydrogen-bond acceptors (Lipinski definition) is 4. The molecule has 2 rings (SSSR count). The van der Waals surface area contributed by atoms with Crippen LogP contribution < -0.4 is 5.32 Å². The predicted octanol–water partition coefficient (Wildman–Crippen LogP) is 3.93. The van der Waals surface area contributed by atoms with Crippen LogP contribution in [0.15, 0.2) is 17.5 Å². The molecule has 98 valence electrons. The lowest BCUT2D eigenvalue weighted by Crippen LogP contribution is -2.32. The number of thiophene rings is 1. The zero-order valence-corrected chi connectivity index (χ0v) is 13.0. The Morgan fingerprint density at radius 2 is 2.22 bits per heavy atom. The topological polar surface area (TPSA) is 24.9 Å². The third-order valence-electron chi connectivity index (χ3n) is 2.66. The standard InChI is InChI=1S/C13H17ClN2S2/c1-3-15-10(6-11-4-5-12(14)18-11)7-13-16-9(2)8-17-13/h4-5,8,10,15H,3,6-7H2,1-2H3. The minimum absolute atomic E-state index is 0.440. The molecule has 0 amide bonds. The third-order valence-corrected chi connectivity index (χ3v) is 4.90. The quantitative estimate of drug-likeness (QED) is 0.874. The van der Waals surface area contributed by atoms with Crippen LogP contribution in [0.2, 0.25) is 4.34 Å². The number of hydrogen-bond donors (Lipinski definition) is 1. The first-order valence-corrected chi connectivity index (χ1v) is 8.13. The SMILES string of the molecule is CCNC(Cc1ccc(Cl)s1)Cc1nc(C)cs1. The van der Waals surface area contributed by atoms with Gasteiger partial charge in [0.05, 0.1) is 9.34 Å². The van der Waals surface area contributed by atoms with Crippen LogP contribution >= 0.6 is 34.3 Å². The maximum atomic E-state index is 5.97. The Morgan fingerprint density at radius 3 is 2.78 bits per heavy atom. The number of aromatic nitrogens is 1. The van der Waals surface area contributed by atoms with Crippen molar-refractivity contribution in [1.82, 2.24) is 10.3 Å². The Kier molecular flexibility index (Phi) is 5.18. The zero-order valence-electron chi connectivity index (χ0n) is 10.6. The highest BCUT2D eigenvalue weighted by molar-refractivity contribution is 7.16. The molecule has 0 saturated carbocycles. The highest BCUT2D eigenvalue weighted by atomic mass is 35.5. The van der Waals surface area contributed by atoms with Gasteiger partial charge in [-0.1, -0.05) is 18.5 Å². The van der Waals surface area contributed by atoms with Crippen molar-refractivity contribution in [3.63, 3.8) is 0 Å². The van der Waals surface area contributed by atoms with Crippen molar-refractivity contribution < 1.29 is 0 Å². The fraction of sp³-hybridized carbons (Fsp3) is 0.462. The number of nitrogens with zero attached hydrogens (tertiary/aromatic N) is 1. The van der Waals surface area contributed by atoms with Gasteiger partial charge in [0.25, 0.3) is 0 Å². The van der Waals surface area contributed by atoms with Crippen molar-refractivity contribution in [2.75, 3.05) is 6.54 Å². The van der Waals surface area contributed by atoms with Crippen molar-refractivity contribution in [3.8, 4) is 0 Å². The molecule has 1 N–H and O–H groups in total. The second-order valence-corrected chi connectivity index (χ2v) is 6.99. The van der Waals surface area contributed by atoms with E-state index in [2.05, 4.69) is 28.7 Å². The van der Waals surface area contributed by atoms with Crippen LogP contribution in [-0.4, -0.2) is 17.6 Å². The van der Waals surface area contributed by atoms with Gasteiger partial charge in [0.2, 0.25) is 0 Å². The van der Waals surface area contributed by atoms with Gasteiger partial charge in [0.1, 0.15) is 0 Å². The van der Waals surface area contributed by atoms with E-state index in [1.165, 1.54) is 9.88 Å². The molecule has 1 unspecified atom stereocenters. The molecule has 18 heavy (non-hydrogen) atoms. The molecule has 0 spiro atoms. The molecule has 1 atom stereocenters. The summed E-state index contributed by atoms with van der Waals surface area (Å²) in [6.45, 7) is 5.16. The average Bonchev–Trinajstić information content (AvgIpc) is 2.89. The van der Waals surface area contributed by atoms with Gasteiger partial charge < -0.3 is 5.32 Å². The molecule has 2 nitrogen and oxygen atoms in total. The molecule has 5 heteroatoms. The highest BCUT2D eigenvalue weighted by Crippen LogP contribution is 2.23. The van der Waals surface area contributed by atoms with Crippen LogP contribution in [0, 0.1) is 6.92 Å². The molecule has 2 heterocycles. The van der Waals surface area contributed by atoms with Crippen LogP contribution in [0.4, 0.5) is 0 Å². The molecular formula is C13H17ClN2S2. The van der Waals surface area contributed by atoms with E-state index in [-0.39, 0.29) is 0 Å². The van der Waals surface area contributed by atoms with Crippen LogP contribution in [0.1, 0.15) is 22.5 Å². The van der Waals surface area contributed by atoms with Gasteiger partial charge in [-0.05, 0) is 32.0 Å². The maximum absolute atomic E-state index is 5.97. The fourth-order valence-corrected chi connectivity index (χ4v) is 3.94. The average molecular weight is 301 g/mol. The van der Waals surface area contributed by atoms with Gasteiger partial charge in [0.15, 0.2) is 0 Å². The minimum atomic E-state index is 0.440. The first kappa shape index (κ1) is 14.0. The zero-order chi connectivity index (χ0) is 13.0. The van der Waals surface area contributed by atoms with E-state index < -0.39 is 0 Å². The molecule has 2 aromatic rings. The highest BCUT2D eigenvalue weighted by Gasteiger charge is 2.12. The summed E-state index contributed by atoms with van der Waals surface area (Å²) < 4.78 is 0.866. The van der Waals surface area contributed by atoms with E-state index in [9.17, 15) is 0 Å². The van der Waals surface area contributed by atoms with E-state index in [4.69, 9.17) is 11.6 Å². The third kappa shape index (κ3) is 4.05. The summed E-state index contributed by atoms with van der Waals surface area (Å²) >= 11 is 9.38. The van der Waals surface area contributed by atoms with E-state index in [1.807, 2.05) is 13.0 Å². The second-order valence-electron chi connectivity index (χ2n) is 4.25. The monoisotopic (exact) mass is 300 g/mol. The van der Waals surface area contributed by atoms with Gasteiger partial charge >= 0.3 is 0 Å². The van der Waals surface area contributed by atoms with Crippen molar-refractivity contribution >= 4 is 34.3 Å². The second kappa shape index (κ2) is 6.66.